The molecule has 0 bridgehead atoms. The lowest BCUT2D eigenvalue weighted by Crippen LogP contribution is -2.68. The van der Waals surface area contributed by atoms with Crippen LogP contribution in [0.3, 0.4) is 0 Å². The van der Waals surface area contributed by atoms with Crippen LogP contribution in [0, 0.1) is 5.92 Å². The average molecular weight is 1370 g/mol. The van der Waals surface area contributed by atoms with Crippen molar-refractivity contribution in [3.63, 3.8) is 0 Å². The summed E-state index contributed by atoms with van der Waals surface area (Å²) in [4.78, 5) is 26.3. The third-order valence-corrected chi connectivity index (χ3v) is 19.6. The molecule has 26 nitrogen and oxygen atoms in total. The van der Waals surface area contributed by atoms with E-state index in [1.807, 2.05) is 0 Å². The number of unbranched alkanes of at least 4 members (excludes halogenated alkanes) is 27. The second-order valence-corrected chi connectivity index (χ2v) is 27.7. The molecule has 95 heavy (non-hydrogen) atoms. The van der Waals surface area contributed by atoms with Gasteiger partial charge in [-0.1, -0.05) is 220 Å². The van der Waals surface area contributed by atoms with Gasteiger partial charge in [-0.05, 0) is 25.7 Å². The number of aliphatic hydroxyl groups excluding tert-OH is 14. The fourth-order valence-electron chi connectivity index (χ4n) is 13.0. The third-order valence-electron chi connectivity index (χ3n) is 19.6. The molecule has 0 radical (unpaired) electrons. The van der Waals surface area contributed by atoms with Gasteiger partial charge in [0.25, 0.3) is 0 Å². The minimum atomic E-state index is -2.10. The molecule has 26 heteroatoms. The van der Waals surface area contributed by atoms with Crippen molar-refractivity contribution in [1.82, 2.24) is 10.6 Å². The predicted molar refractivity (Wildman–Crippen MR) is 351 cm³/mol. The molecule has 0 aromatic rings. The fourth-order valence-corrected chi connectivity index (χ4v) is 13.0. The van der Waals surface area contributed by atoms with Crippen LogP contribution in [0.5, 0.6) is 0 Å². The average Bonchev–Trinajstić information content (AvgIpc) is 0.796. The number of carbonyl (C=O) groups is 2. The maximum absolute atomic E-state index is 13.7. The van der Waals surface area contributed by atoms with Crippen LogP contribution in [0.2, 0.25) is 0 Å². The molecule has 0 saturated carbocycles. The Hall–Kier alpha value is -1.94. The molecule has 25 atom stereocenters. The van der Waals surface area contributed by atoms with Gasteiger partial charge >= 0.3 is 0 Å². The van der Waals surface area contributed by atoms with Gasteiger partial charge in [0.2, 0.25) is 11.8 Å². The molecule has 0 aromatic heterocycles. The van der Waals surface area contributed by atoms with Crippen molar-refractivity contribution in [3.05, 3.63) is 0 Å². The number of carbonyl (C=O) groups excluding carboxylic acids is 2. The van der Waals surface area contributed by atoms with Crippen LogP contribution >= 0.6 is 0 Å². The number of aliphatic hydroxyl groups is 14. The van der Waals surface area contributed by atoms with Gasteiger partial charge in [0, 0.05) is 6.92 Å². The van der Waals surface area contributed by atoms with Crippen LogP contribution in [0.15, 0.2) is 0 Å². The molecule has 0 spiro atoms. The summed E-state index contributed by atoms with van der Waals surface area (Å²) in [6.07, 6.45) is -1.94. The molecular formula is C69H130N2O24. The van der Waals surface area contributed by atoms with Gasteiger partial charge in [-0.25, -0.2) is 0 Å². The number of amides is 2. The second kappa shape index (κ2) is 48.0. The second-order valence-electron chi connectivity index (χ2n) is 27.7. The zero-order chi connectivity index (χ0) is 69.8. The number of nitrogens with one attached hydrogen (secondary N) is 2. The van der Waals surface area contributed by atoms with E-state index >= 15 is 0 Å². The van der Waals surface area contributed by atoms with Gasteiger partial charge in [-0.2, -0.15) is 0 Å². The Bertz CT molecular complexity index is 1980. The van der Waals surface area contributed by atoms with Gasteiger partial charge in [0.15, 0.2) is 25.2 Å². The predicted octanol–water partition coefficient (Wildman–Crippen LogP) is 3.56. The van der Waals surface area contributed by atoms with Crippen LogP contribution in [0.1, 0.15) is 247 Å². The van der Waals surface area contributed by atoms with Gasteiger partial charge in [0.05, 0.1) is 44.7 Å². The molecule has 4 aliphatic heterocycles. The van der Waals surface area contributed by atoms with Crippen molar-refractivity contribution in [2.45, 2.75) is 394 Å². The molecule has 4 heterocycles. The van der Waals surface area contributed by atoms with Crippen LogP contribution in [0.4, 0.5) is 0 Å². The Morgan fingerprint density at radius 2 is 0.874 bits per heavy atom. The van der Waals surface area contributed by atoms with Crippen LogP contribution in [-0.4, -0.2) is 257 Å². The lowest BCUT2D eigenvalue weighted by atomic mass is 9.95. The monoisotopic (exact) mass is 1370 g/mol. The van der Waals surface area contributed by atoms with E-state index in [1.54, 1.807) is 0 Å². The smallest absolute Gasteiger partial charge is 0.249 e. The maximum atomic E-state index is 13.7. The molecular weight excluding hydrogens is 1240 g/mol. The topological polar surface area (TPSA) is 415 Å². The zero-order valence-electron chi connectivity index (χ0n) is 57.9. The summed E-state index contributed by atoms with van der Waals surface area (Å²) in [6.45, 7) is 6.11. The number of rotatable bonds is 51. The summed E-state index contributed by atoms with van der Waals surface area (Å²) in [5.41, 5.74) is 0. The van der Waals surface area contributed by atoms with Crippen molar-refractivity contribution in [1.29, 1.82) is 0 Å². The standard InChI is InChI=1S/C69H130N2O24/c1-6-8-9-10-11-12-13-14-15-16-17-18-19-20-21-26-29-32-35-38-48(76)65(87)71-46(54(78)47(75)37-34-31-28-25-23-22-24-27-30-33-36-43(3)7-2)41-88-69-64(60(84)55(79)49(39-72)92-69)95-68-62(86)59(83)56(80)51(93-68)42-89-66-52(70-45(5)74)63(57(81)50(40-73)91-66)94-67-61(85)58(82)53(77)44(4)90-67/h43-44,46-64,66-69,72-73,75-86H,6-42H2,1-5H3,(H,70,74)(H,71,87)/t43?,44-,46-,47+,48+,49+,50+,51+,52+,53-,54-,55-,56-,57-,58+,59-,60-,61+,62+,63+,64+,66+,67-,68+,69-/m0/s1. The van der Waals surface area contributed by atoms with Gasteiger partial charge in [-0.3, -0.25) is 9.59 Å². The van der Waals surface area contributed by atoms with Crippen molar-refractivity contribution in [2.75, 3.05) is 26.4 Å². The molecule has 4 aliphatic rings. The summed E-state index contributed by atoms with van der Waals surface area (Å²) in [5, 5.41) is 159. The van der Waals surface area contributed by atoms with E-state index in [9.17, 15) is 81.1 Å². The minimum Gasteiger partial charge on any atom is -0.394 e. The highest BCUT2D eigenvalue weighted by Gasteiger charge is 2.54. The Labute approximate surface area is 565 Å². The van der Waals surface area contributed by atoms with Crippen LogP contribution in [-0.2, 0) is 47.5 Å². The summed E-state index contributed by atoms with van der Waals surface area (Å²) in [6, 6.07) is -2.93. The van der Waals surface area contributed by atoms with E-state index in [1.165, 1.54) is 135 Å². The largest absolute Gasteiger partial charge is 0.394 e. The van der Waals surface area contributed by atoms with Crippen molar-refractivity contribution < 1.29 is 119 Å². The number of ether oxygens (including phenoxy) is 8. The van der Waals surface area contributed by atoms with Gasteiger partial charge in [0.1, 0.15) is 104 Å². The number of hydrogen-bond donors (Lipinski definition) is 16. The van der Waals surface area contributed by atoms with Gasteiger partial charge in [-0.15, -0.1) is 0 Å². The molecule has 0 aliphatic carbocycles. The molecule has 0 aromatic carbocycles. The fraction of sp³-hybridized carbons (Fsp3) is 0.971. The normalized spacial score (nSPS) is 33.0. The highest BCUT2D eigenvalue weighted by molar-refractivity contribution is 5.80. The first-order chi connectivity index (χ1) is 45.6. The Morgan fingerprint density at radius 1 is 0.453 bits per heavy atom. The summed E-state index contributed by atoms with van der Waals surface area (Å²) >= 11 is 0. The van der Waals surface area contributed by atoms with Crippen LogP contribution < -0.4 is 10.6 Å². The summed E-state index contributed by atoms with van der Waals surface area (Å²) < 4.78 is 47.2. The summed E-state index contributed by atoms with van der Waals surface area (Å²) in [7, 11) is 0. The molecule has 4 fully saturated rings. The first kappa shape index (κ1) is 85.5. The van der Waals surface area contributed by atoms with Gasteiger partial charge < -0.3 is 120 Å². The van der Waals surface area contributed by atoms with Crippen molar-refractivity contribution >= 4 is 11.8 Å². The highest BCUT2D eigenvalue weighted by Crippen LogP contribution is 2.34. The van der Waals surface area contributed by atoms with E-state index in [2.05, 4.69) is 31.4 Å². The molecule has 2 amide bonds. The van der Waals surface area contributed by atoms with E-state index in [0.29, 0.717) is 12.8 Å². The SMILES string of the molecule is CCCCCCCCCCCCCCCCCCCCC[C@@H](O)C(=O)N[C@@H](CO[C@H]1O[C@H](CO)[C@H](O)[C@H](O)[C@H]1O[C@H]1O[C@H](CO[C@@H]2O[C@H](CO)[C@H](O)[C@H](O[C@@H]3O[C@@H](C)[C@H](O)[C@@H](O)[C@H]3O)[C@H]2NC(C)=O)[C@H](O)[C@H](O)[C@H]1O)[C@H](O)[C@H](O)CCCCCCCCCCCCC(C)CC. The quantitative estimate of drug-likeness (QED) is 0.0387. The maximum Gasteiger partial charge on any atom is 0.249 e. The highest BCUT2D eigenvalue weighted by atomic mass is 16.8. The zero-order valence-corrected chi connectivity index (χ0v) is 57.9. The first-order valence-electron chi connectivity index (χ1n) is 36.7. The van der Waals surface area contributed by atoms with Crippen LogP contribution in [0.25, 0.3) is 0 Å². The van der Waals surface area contributed by atoms with Crippen molar-refractivity contribution in [2.24, 2.45) is 5.92 Å². The Balaban J connectivity index is 1.39. The molecule has 16 N–H and O–H groups in total. The summed E-state index contributed by atoms with van der Waals surface area (Å²) in [5.74, 6) is -0.787. The Kier molecular flexibility index (Phi) is 43.2. The third kappa shape index (κ3) is 29.9. The molecule has 560 valence electrons. The molecule has 4 saturated heterocycles. The lowest BCUT2D eigenvalue weighted by molar-refractivity contribution is -0.373. The lowest BCUT2D eigenvalue weighted by Gasteiger charge is -2.48. The van der Waals surface area contributed by atoms with Crippen molar-refractivity contribution in [3.8, 4) is 0 Å². The van der Waals surface area contributed by atoms with E-state index in [4.69, 9.17) is 37.9 Å². The molecule has 4 rings (SSSR count). The number of hydrogen-bond acceptors (Lipinski definition) is 24. The first-order valence-corrected chi connectivity index (χ1v) is 36.7. The van der Waals surface area contributed by atoms with E-state index < -0.39 is 185 Å². The molecule has 1 unspecified atom stereocenters. The Morgan fingerprint density at radius 3 is 1.37 bits per heavy atom. The van der Waals surface area contributed by atoms with E-state index in [0.717, 1.165) is 70.6 Å². The van der Waals surface area contributed by atoms with E-state index in [-0.39, 0.29) is 12.8 Å². The minimum absolute atomic E-state index is 0.124.